The molecule has 4 rings (SSSR count). The first-order chi connectivity index (χ1) is 14.1. The van der Waals surface area contributed by atoms with E-state index in [9.17, 15) is 9.18 Å². The highest BCUT2D eigenvalue weighted by Gasteiger charge is 2.16. The monoisotopic (exact) mass is 409 g/mol. The Bertz CT molecular complexity index is 1140. The number of nitrogens with two attached hydrogens (primary N) is 1. The van der Waals surface area contributed by atoms with Gasteiger partial charge in [0.2, 0.25) is 16.9 Å². The zero-order chi connectivity index (χ0) is 20.2. The molecule has 0 atom stereocenters. The Hall–Kier alpha value is -3.66. The number of amides is 1. The number of benzene rings is 2. The SMILES string of the molecule is Nn1c(SCC(=O)Nc2ccccc2F)nnc1-c1cc(-c2ccccc2)n[nH]1. The van der Waals surface area contributed by atoms with Gasteiger partial charge in [-0.1, -0.05) is 54.2 Å². The summed E-state index contributed by atoms with van der Waals surface area (Å²) in [5, 5.41) is 18.1. The van der Waals surface area contributed by atoms with Gasteiger partial charge in [-0.05, 0) is 18.2 Å². The van der Waals surface area contributed by atoms with Gasteiger partial charge in [0.05, 0.1) is 17.1 Å². The highest BCUT2D eigenvalue weighted by molar-refractivity contribution is 7.99. The topological polar surface area (TPSA) is 115 Å². The molecule has 0 radical (unpaired) electrons. The number of aromatic nitrogens is 5. The van der Waals surface area contributed by atoms with Crippen LogP contribution >= 0.6 is 11.8 Å². The Labute approximate surface area is 169 Å². The molecule has 2 aromatic carbocycles. The van der Waals surface area contributed by atoms with Gasteiger partial charge in [0, 0.05) is 5.56 Å². The molecular formula is C19H16FN7OS. The fourth-order valence-corrected chi connectivity index (χ4v) is 3.29. The zero-order valence-corrected chi connectivity index (χ0v) is 15.9. The number of halogens is 1. The van der Waals surface area contributed by atoms with E-state index in [4.69, 9.17) is 5.84 Å². The summed E-state index contributed by atoms with van der Waals surface area (Å²) in [5.74, 6) is 5.59. The zero-order valence-electron chi connectivity index (χ0n) is 15.0. The van der Waals surface area contributed by atoms with E-state index in [1.165, 1.54) is 16.8 Å². The number of carbonyl (C=O) groups excluding carboxylic acids is 1. The molecule has 2 aromatic heterocycles. The summed E-state index contributed by atoms with van der Waals surface area (Å²) in [6, 6.07) is 17.5. The van der Waals surface area contributed by atoms with E-state index in [0.717, 1.165) is 23.0 Å². The van der Waals surface area contributed by atoms with Crippen molar-refractivity contribution in [3.63, 3.8) is 0 Å². The highest BCUT2D eigenvalue weighted by atomic mass is 32.2. The second kappa shape index (κ2) is 8.15. The molecule has 1 amide bonds. The molecule has 0 spiro atoms. The third kappa shape index (κ3) is 4.11. The summed E-state index contributed by atoms with van der Waals surface area (Å²) in [5.41, 5.74) is 2.43. The van der Waals surface area contributed by atoms with Crippen molar-refractivity contribution in [1.29, 1.82) is 0 Å². The minimum Gasteiger partial charge on any atom is -0.335 e. The number of H-pyrrole nitrogens is 1. The minimum absolute atomic E-state index is 0.00189. The molecule has 8 nitrogen and oxygen atoms in total. The lowest BCUT2D eigenvalue weighted by atomic mass is 10.1. The van der Waals surface area contributed by atoms with Gasteiger partial charge in [-0.15, -0.1) is 10.2 Å². The van der Waals surface area contributed by atoms with Crippen molar-refractivity contribution in [1.82, 2.24) is 25.1 Å². The van der Waals surface area contributed by atoms with Crippen molar-refractivity contribution in [2.75, 3.05) is 16.9 Å². The van der Waals surface area contributed by atoms with Crippen LogP contribution in [0.5, 0.6) is 0 Å². The van der Waals surface area contributed by atoms with E-state index >= 15 is 0 Å². The number of para-hydroxylation sites is 1. The second-order valence-electron chi connectivity index (χ2n) is 6.03. The second-order valence-corrected chi connectivity index (χ2v) is 6.97. The van der Waals surface area contributed by atoms with E-state index in [0.29, 0.717) is 16.7 Å². The van der Waals surface area contributed by atoms with E-state index in [1.807, 2.05) is 36.4 Å². The number of thioether (sulfide) groups is 1. The molecule has 0 aliphatic heterocycles. The maximum Gasteiger partial charge on any atom is 0.234 e. The van der Waals surface area contributed by atoms with E-state index in [2.05, 4.69) is 25.7 Å². The average molecular weight is 409 g/mol. The molecule has 2 heterocycles. The third-order valence-electron chi connectivity index (χ3n) is 4.03. The van der Waals surface area contributed by atoms with Gasteiger partial charge in [-0.2, -0.15) is 5.10 Å². The van der Waals surface area contributed by atoms with Crippen molar-refractivity contribution >= 4 is 23.4 Å². The molecule has 0 fully saturated rings. The Morgan fingerprint density at radius 2 is 1.90 bits per heavy atom. The number of hydrogen-bond donors (Lipinski definition) is 3. The van der Waals surface area contributed by atoms with Gasteiger partial charge < -0.3 is 11.2 Å². The number of nitrogen functional groups attached to an aromatic ring is 1. The molecule has 0 saturated heterocycles. The number of nitrogens with one attached hydrogen (secondary N) is 2. The van der Waals surface area contributed by atoms with Crippen LogP contribution in [0.2, 0.25) is 0 Å². The van der Waals surface area contributed by atoms with Gasteiger partial charge in [0.15, 0.2) is 0 Å². The third-order valence-corrected chi connectivity index (χ3v) is 4.98. The first-order valence-corrected chi connectivity index (χ1v) is 9.59. The molecule has 0 bridgehead atoms. The number of hydrogen-bond acceptors (Lipinski definition) is 6. The van der Waals surface area contributed by atoms with Gasteiger partial charge in [-0.3, -0.25) is 9.89 Å². The van der Waals surface area contributed by atoms with Gasteiger partial charge in [0.25, 0.3) is 0 Å². The molecule has 4 N–H and O–H groups in total. The molecule has 146 valence electrons. The minimum atomic E-state index is -0.497. The normalized spacial score (nSPS) is 10.8. The lowest BCUT2D eigenvalue weighted by molar-refractivity contribution is -0.113. The van der Waals surface area contributed by atoms with Gasteiger partial charge >= 0.3 is 0 Å². The van der Waals surface area contributed by atoms with Crippen LogP contribution in [0.15, 0.2) is 65.8 Å². The summed E-state index contributed by atoms with van der Waals surface area (Å²) in [4.78, 5) is 12.1. The van der Waals surface area contributed by atoms with Crippen molar-refractivity contribution in [2.45, 2.75) is 5.16 Å². The largest absolute Gasteiger partial charge is 0.335 e. The fourth-order valence-electron chi connectivity index (χ4n) is 2.63. The first kappa shape index (κ1) is 18.7. The van der Waals surface area contributed by atoms with E-state index < -0.39 is 5.82 Å². The Morgan fingerprint density at radius 3 is 2.69 bits per heavy atom. The van der Waals surface area contributed by atoms with Crippen molar-refractivity contribution in [3.8, 4) is 22.8 Å². The van der Waals surface area contributed by atoms with Gasteiger partial charge in [0.1, 0.15) is 11.5 Å². The Kier molecular flexibility index (Phi) is 5.25. The molecule has 0 aliphatic rings. The lowest BCUT2D eigenvalue weighted by Crippen LogP contribution is -2.17. The molecule has 29 heavy (non-hydrogen) atoms. The van der Waals surface area contributed by atoms with Crippen LogP contribution in [-0.2, 0) is 4.79 Å². The molecule has 0 aliphatic carbocycles. The summed E-state index contributed by atoms with van der Waals surface area (Å²) in [7, 11) is 0. The summed E-state index contributed by atoms with van der Waals surface area (Å²) in [6.45, 7) is 0. The van der Waals surface area contributed by atoms with Crippen molar-refractivity contribution < 1.29 is 9.18 Å². The number of anilines is 1. The van der Waals surface area contributed by atoms with Crippen molar-refractivity contribution in [2.24, 2.45) is 0 Å². The predicted molar refractivity (Wildman–Crippen MR) is 109 cm³/mol. The molecule has 4 aromatic rings. The van der Waals surface area contributed by atoms with Crippen LogP contribution in [0.25, 0.3) is 22.8 Å². The van der Waals surface area contributed by atoms with Crippen LogP contribution in [0.4, 0.5) is 10.1 Å². The van der Waals surface area contributed by atoms with Crippen LogP contribution in [0, 0.1) is 5.82 Å². The first-order valence-electron chi connectivity index (χ1n) is 8.60. The number of aromatic amines is 1. The maximum absolute atomic E-state index is 13.6. The van der Waals surface area contributed by atoms with E-state index in [-0.39, 0.29) is 17.3 Å². The Morgan fingerprint density at radius 1 is 1.14 bits per heavy atom. The predicted octanol–water partition coefficient (Wildman–Crippen LogP) is 2.92. The number of nitrogens with zero attached hydrogens (tertiary/aromatic N) is 4. The average Bonchev–Trinajstić information content (AvgIpc) is 3.36. The quantitative estimate of drug-likeness (QED) is 0.333. The molecule has 0 unspecified atom stereocenters. The fraction of sp³-hybridized carbons (Fsp3) is 0.0526. The van der Waals surface area contributed by atoms with Crippen molar-refractivity contribution in [3.05, 3.63) is 66.5 Å². The summed E-state index contributed by atoms with van der Waals surface area (Å²) < 4.78 is 14.9. The lowest BCUT2D eigenvalue weighted by Gasteiger charge is -2.06. The standard InChI is InChI=1S/C19H16FN7OS/c20-13-8-4-5-9-14(13)22-17(28)11-29-19-26-25-18(27(19)21)16-10-15(23-24-16)12-6-2-1-3-7-12/h1-10H,11,21H2,(H,22,28)(H,23,24). The number of carbonyl (C=O) groups is 1. The molecular weight excluding hydrogens is 393 g/mol. The van der Waals surface area contributed by atoms with E-state index in [1.54, 1.807) is 12.1 Å². The van der Waals surface area contributed by atoms with Crippen LogP contribution in [0.1, 0.15) is 0 Å². The number of rotatable bonds is 6. The summed E-state index contributed by atoms with van der Waals surface area (Å²) >= 11 is 1.09. The van der Waals surface area contributed by atoms with Crippen LogP contribution < -0.4 is 11.2 Å². The van der Waals surface area contributed by atoms with Crippen LogP contribution in [-0.4, -0.2) is 36.7 Å². The smallest absolute Gasteiger partial charge is 0.234 e. The molecule has 10 heteroatoms. The maximum atomic E-state index is 13.6. The Balaban J connectivity index is 1.43. The van der Waals surface area contributed by atoms with Crippen LogP contribution in [0.3, 0.4) is 0 Å². The van der Waals surface area contributed by atoms with Gasteiger partial charge in [-0.25, -0.2) is 9.07 Å². The highest BCUT2D eigenvalue weighted by Crippen LogP contribution is 2.24. The summed E-state index contributed by atoms with van der Waals surface area (Å²) in [6.07, 6.45) is 0. The molecule has 0 saturated carbocycles.